The second-order valence-corrected chi connectivity index (χ2v) is 6.91. The number of rotatable bonds is 7. The van der Waals surface area contributed by atoms with E-state index in [0.717, 1.165) is 6.07 Å². The number of alkyl halides is 3. The molecule has 0 amide bonds. The molecule has 0 saturated heterocycles. The molecular formula is C21H17ClF4N2O3. The molecule has 1 heterocycles. The Morgan fingerprint density at radius 3 is 2.58 bits per heavy atom. The lowest BCUT2D eigenvalue weighted by Gasteiger charge is -2.12. The van der Waals surface area contributed by atoms with Crippen LogP contribution in [0.3, 0.4) is 0 Å². The number of nitrogens with one attached hydrogen (secondary N) is 1. The number of benzene rings is 2. The molecule has 1 aromatic heterocycles. The first-order chi connectivity index (χ1) is 14.7. The molecule has 0 atom stereocenters. The van der Waals surface area contributed by atoms with Gasteiger partial charge in [0.05, 0.1) is 17.2 Å². The topological polar surface area (TPSA) is 64.2 Å². The van der Waals surface area contributed by atoms with Gasteiger partial charge in [-0.1, -0.05) is 24.6 Å². The average Bonchev–Trinajstić information content (AvgIpc) is 2.70. The maximum atomic E-state index is 14.4. The van der Waals surface area contributed by atoms with Crippen LogP contribution in [0, 0.1) is 5.82 Å². The van der Waals surface area contributed by atoms with Crippen molar-refractivity contribution in [1.29, 1.82) is 0 Å². The molecule has 0 aliphatic heterocycles. The van der Waals surface area contributed by atoms with E-state index in [1.807, 2.05) is 6.92 Å². The SMILES string of the molecule is CCc1cnc(OCCc2ccc(Oc3ccc(Cl)c(C(F)(F)F)c3)c(F)c2)[nH]c1=O. The van der Waals surface area contributed by atoms with Gasteiger partial charge in [0.25, 0.3) is 11.6 Å². The van der Waals surface area contributed by atoms with Crippen molar-refractivity contribution in [3.05, 3.63) is 80.5 Å². The van der Waals surface area contributed by atoms with E-state index in [2.05, 4.69) is 9.97 Å². The van der Waals surface area contributed by atoms with Gasteiger partial charge in [0.15, 0.2) is 11.6 Å². The summed E-state index contributed by atoms with van der Waals surface area (Å²) in [7, 11) is 0. The Kier molecular flexibility index (Phi) is 6.84. The molecule has 2 aromatic carbocycles. The summed E-state index contributed by atoms with van der Waals surface area (Å²) in [5.41, 5.74) is -0.257. The average molecular weight is 457 g/mol. The van der Waals surface area contributed by atoms with Crippen molar-refractivity contribution in [2.24, 2.45) is 0 Å². The van der Waals surface area contributed by atoms with Crippen LogP contribution in [0.4, 0.5) is 17.6 Å². The zero-order chi connectivity index (χ0) is 22.6. The molecule has 164 valence electrons. The number of hydrogen-bond donors (Lipinski definition) is 1. The smallest absolute Gasteiger partial charge is 0.417 e. The minimum Gasteiger partial charge on any atom is -0.464 e. The first kappa shape index (κ1) is 22.6. The quantitative estimate of drug-likeness (QED) is 0.473. The molecule has 1 N–H and O–H groups in total. The van der Waals surface area contributed by atoms with Crippen LogP contribution >= 0.6 is 11.6 Å². The van der Waals surface area contributed by atoms with Crippen LogP contribution in [0.1, 0.15) is 23.6 Å². The molecule has 31 heavy (non-hydrogen) atoms. The zero-order valence-corrected chi connectivity index (χ0v) is 17.0. The molecule has 3 aromatic rings. The van der Waals surface area contributed by atoms with E-state index in [1.165, 1.54) is 24.4 Å². The summed E-state index contributed by atoms with van der Waals surface area (Å²) in [6.45, 7) is 1.96. The summed E-state index contributed by atoms with van der Waals surface area (Å²) >= 11 is 5.57. The van der Waals surface area contributed by atoms with Gasteiger partial charge in [-0.05, 0) is 42.3 Å². The minimum atomic E-state index is -4.66. The molecule has 0 fully saturated rings. The van der Waals surface area contributed by atoms with E-state index in [1.54, 1.807) is 6.07 Å². The van der Waals surface area contributed by atoms with Gasteiger partial charge in [-0.2, -0.15) is 13.2 Å². The first-order valence-corrected chi connectivity index (χ1v) is 9.59. The van der Waals surface area contributed by atoms with Crippen LogP contribution in [0.5, 0.6) is 17.5 Å². The fourth-order valence-corrected chi connectivity index (χ4v) is 2.91. The molecule has 0 saturated carbocycles. The Bertz CT molecular complexity index is 1130. The lowest BCUT2D eigenvalue weighted by atomic mass is 10.1. The van der Waals surface area contributed by atoms with E-state index in [0.29, 0.717) is 30.0 Å². The van der Waals surface area contributed by atoms with E-state index in [-0.39, 0.29) is 29.7 Å². The van der Waals surface area contributed by atoms with Gasteiger partial charge in [0, 0.05) is 18.2 Å². The molecule has 0 unspecified atom stereocenters. The van der Waals surface area contributed by atoms with Crippen molar-refractivity contribution < 1.29 is 27.0 Å². The number of H-pyrrole nitrogens is 1. The lowest BCUT2D eigenvalue weighted by Crippen LogP contribution is -2.15. The van der Waals surface area contributed by atoms with Crippen LogP contribution in [0.25, 0.3) is 0 Å². The van der Waals surface area contributed by atoms with Gasteiger partial charge in [-0.3, -0.25) is 9.78 Å². The number of hydrogen-bond acceptors (Lipinski definition) is 4. The molecule has 0 aliphatic carbocycles. The van der Waals surface area contributed by atoms with E-state index in [9.17, 15) is 22.4 Å². The van der Waals surface area contributed by atoms with Crippen LogP contribution < -0.4 is 15.0 Å². The third kappa shape index (κ3) is 5.75. The highest BCUT2D eigenvalue weighted by Crippen LogP contribution is 2.38. The van der Waals surface area contributed by atoms with Gasteiger partial charge < -0.3 is 9.47 Å². The van der Waals surface area contributed by atoms with Gasteiger partial charge in [-0.25, -0.2) is 9.37 Å². The molecule has 5 nitrogen and oxygen atoms in total. The largest absolute Gasteiger partial charge is 0.464 e. The number of aryl methyl sites for hydroxylation is 1. The second-order valence-electron chi connectivity index (χ2n) is 6.50. The van der Waals surface area contributed by atoms with Crippen molar-refractivity contribution >= 4 is 11.6 Å². The van der Waals surface area contributed by atoms with E-state index < -0.39 is 22.6 Å². The molecule has 10 heteroatoms. The Balaban J connectivity index is 1.64. The number of aromatic nitrogens is 2. The van der Waals surface area contributed by atoms with Gasteiger partial charge in [0.2, 0.25) is 0 Å². The van der Waals surface area contributed by atoms with Crippen molar-refractivity contribution in [1.82, 2.24) is 9.97 Å². The zero-order valence-electron chi connectivity index (χ0n) is 16.2. The van der Waals surface area contributed by atoms with E-state index >= 15 is 0 Å². The summed E-state index contributed by atoms with van der Waals surface area (Å²) in [5.74, 6) is -1.18. The fourth-order valence-electron chi connectivity index (χ4n) is 2.69. The van der Waals surface area contributed by atoms with Crippen LogP contribution in [0.15, 0.2) is 47.4 Å². The van der Waals surface area contributed by atoms with Gasteiger partial charge in [-0.15, -0.1) is 0 Å². The summed E-state index contributed by atoms with van der Waals surface area (Å²) in [5, 5.41) is -0.476. The van der Waals surface area contributed by atoms with Crippen molar-refractivity contribution in [2.45, 2.75) is 25.9 Å². The third-order valence-corrected chi connectivity index (χ3v) is 4.66. The Morgan fingerprint density at radius 2 is 1.94 bits per heavy atom. The predicted octanol–water partition coefficient (Wildman–Crippen LogP) is 5.56. The third-order valence-electron chi connectivity index (χ3n) is 4.33. The van der Waals surface area contributed by atoms with Crippen LogP contribution in [-0.4, -0.2) is 16.6 Å². The van der Waals surface area contributed by atoms with Gasteiger partial charge in [0.1, 0.15) is 5.75 Å². The second kappa shape index (κ2) is 9.38. The Morgan fingerprint density at radius 1 is 1.16 bits per heavy atom. The summed E-state index contributed by atoms with van der Waals surface area (Å²) < 4.78 is 63.8. The Hall–Kier alpha value is -3.07. The monoisotopic (exact) mass is 456 g/mol. The highest BCUT2D eigenvalue weighted by molar-refractivity contribution is 6.31. The minimum absolute atomic E-state index is 0.0610. The Labute approximate surface area is 179 Å². The van der Waals surface area contributed by atoms with Crippen molar-refractivity contribution in [2.75, 3.05) is 6.61 Å². The highest BCUT2D eigenvalue weighted by Gasteiger charge is 2.33. The maximum Gasteiger partial charge on any atom is 0.417 e. The number of aromatic amines is 1. The number of ether oxygens (including phenoxy) is 2. The van der Waals surface area contributed by atoms with Gasteiger partial charge >= 0.3 is 6.18 Å². The number of halogens is 5. The van der Waals surface area contributed by atoms with E-state index in [4.69, 9.17) is 21.1 Å². The maximum absolute atomic E-state index is 14.4. The van der Waals surface area contributed by atoms with Crippen molar-refractivity contribution in [3.8, 4) is 17.5 Å². The van der Waals surface area contributed by atoms with Crippen molar-refractivity contribution in [3.63, 3.8) is 0 Å². The van der Waals surface area contributed by atoms with Crippen LogP contribution in [-0.2, 0) is 19.0 Å². The molecule has 0 bridgehead atoms. The molecule has 0 aliphatic rings. The first-order valence-electron chi connectivity index (χ1n) is 9.21. The fraction of sp³-hybridized carbons (Fsp3) is 0.238. The van der Waals surface area contributed by atoms with Crippen LogP contribution in [0.2, 0.25) is 5.02 Å². The lowest BCUT2D eigenvalue weighted by molar-refractivity contribution is -0.137. The number of nitrogens with zero attached hydrogens (tertiary/aromatic N) is 1. The highest BCUT2D eigenvalue weighted by atomic mass is 35.5. The predicted molar refractivity (Wildman–Crippen MR) is 106 cm³/mol. The normalized spacial score (nSPS) is 11.4. The molecule has 3 rings (SSSR count). The summed E-state index contributed by atoms with van der Waals surface area (Å²) in [6, 6.07) is 7.08. The summed E-state index contributed by atoms with van der Waals surface area (Å²) in [6.07, 6.45) is -2.38. The summed E-state index contributed by atoms with van der Waals surface area (Å²) in [4.78, 5) is 18.2. The molecule has 0 spiro atoms. The standard InChI is InChI=1S/C21H17ClF4N2O3/c1-2-13-11-27-20(28-19(13)29)30-8-7-12-3-6-18(17(23)9-12)31-14-4-5-16(22)15(10-14)21(24,25)26/h3-6,9-11H,2,7-8H2,1H3,(H,27,28,29). The molecule has 0 radical (unpaired) electrons. The molecular weight excluding hydrogens is 440 g/mol.